The zero-order valence-corrected chi connectivity index (χ0v) is 29.0. The molecule has 0 spiro atoms. The quantitative estimate of drug-likeness (QED) is 0.116. The van der Waals surface area contributed by atoms with Crippen LogP contribution in [-0.2, 0) is 20.8 Å². The Balaban J connectivity index is 1.35. The van der Waals surface area contributed by atoms with Gasteiger partial charge in [0.15, 0.2) is 22.8 Å². The SMILES string of the molecule is C=Cc1ccc(C(O)(C(=O)Nc2ccc(NC(=O)C(O)(c3ccccc3)c3ccc(C=C)cc3)c3c2C(=O)c2ccccc2C3=O)c2ccccc2)cc1. The molecule has 2 amide bonds. The molecule has 0 aromatic heterocycles. The van der Waals surface area contributed by atoms with Crippen LogP contribution in [-0.4, -0.2) is 33.6 Å². The lowest BCUT2D eigenvalue weighted by Gasteiger charge is -2.31. The summed E-state index contributed by atoms with van der Waals surface area (Å²) < 4.78 is 0. The number of hydrogen-bond donors (Lipinski definition) is 4. The molecule has 1 aliphatic rings. The number of carbonyl (C=O) groups excluding carboxylic acids is 4. The molecule has 0 heterocycles. The second kappa shape index (κ2) is 14.2. The summed E-state index contributed by atoms with van der Waals surface area (Å²) in [5, 5.41) is 30.0. The Labute approximate surface area is 311 Å². The lowest BCUT2D eigenvalue weighted by molar-refractivity contribution is -0.131. The maximum absolute atomic E-state index is 14.4. The van der Waals surface area contributed by atoms with Gasteiger partial charge in [-0.05, 0) is 45.5 Å². The van der Waals surface area contributed by atoms with Gasteiger partial charge >= 0.3 is 0 Å². The number of aliphatic hydroxyl groups is 2. The number of amides is 2. The van der Waals surface area contributed by atoms with Gasteiger partial charge in [-0.3, -0.25) is 19.2 Å². The van der Waals surface area contributed by atoms with Crippen molar-refractivity contribution in [1.29, 1.82) is 0 Å². The maximum atomic E-state index is 14.4. The summed E-state index contributed by atoms with van der Waals surface area (Å²) in [5.41, 5.74) is -2.14. The van der Waals surface area contributed by atoms with E-state index in [1.807, 2.05) is 0 Å². The van der Waals surface area contributed by atoms with E-state index < -0.39 is 34.6 Å². The van der Waals surface area contributed by atoms with Gasteiger partial charge in [0.25, 0.3) is 11.8 Å². The van der Waals surface area contributed by atoms with E-state index in [1.165, 1.54) is 24.3 Å². The van der Waals surface area contributed by atoms with E-state index in [9.17, 15) is 29.4 Å². The lowest BCUT2D eigenvalue weighted by Crippen LogP contribution is -2.42. The fourth-order valence-corrected chi connectivity index (χ4v) is 6.79. The van der Waals surface area contributed by atoms with Crippen molar-refractivity contribution in [3.8, 4) is 0 Å². The fourth-order valence-electron chi connectivity index (χ4n) is 6.79. The van der Waals surface area contributed by atoms with E-state index in [2.05, 4.69) is 23.8 Å². The molecule has 0 bridgehead atoms. The van der Waals surface area contributed by atoms with Gasteiger partial charge in [0.1, 0.15) is 0 Å². The topological polar surface area (TPSA) is 133 Å². The molecule has 0 saturated carbocycles. The Bertz CT molecular complexity index is 2290. The van der Waals surface area contributed by atoms with Gasteiger partial charge in [-0.15, -0.1) is 0 Å². The van der Waals surface area contributed by atoms with Gasteiger partial charge in [0.2, 0.25) is 0 Å². The Morgan fingerprint density at radius 1 is 0.463 bits per heavy atom. The standard InChI is InChI=1S/C46H34N2O6/c1-3-29-19-23-33(24-20-29)45(53,31-13-7-5-8-14-31)43(51)47-37-27-28-38(40-39(37)41(49)35-17-11-12-18-36(35)42(40)50)48-44(52)46(54,32-15-9-6-10-16-32)34-25-21-30(4-2)22-26-34/h3-28,53-54H,1-2H2,(H,47,51)(H,48,52). The molecule has 0 aliphatic heterocycles. The summed E-state index contributed by atoms with van der Waals surface area (Å²) in [6, 6.07) is 39.1. The van der Waals surface area contributed by atoms with E-state index in [0.29, 0.717) is 0 Å². The van der Waals surface area contributed by atoms with E-state index in [0.717, 1.165) is 11.1 Å². The molecule has 8 nitrogen and oxygen atoms in total. The minimum atomic E-state index is -2.23. The highest BCUT2D eigenvalue weighted by molar-refractivity contribution is 6.33. The molecule has 6 aromatic carbocycles. The van der Waals surface area contributed by atoms with Crippen LogP contribution in [0.4, 0.5) is 11.4 Å². The summed E-state index contributed by atoms with van der Waals surface area (Å²) in [4.78, 5) is 57.4. The molecule has 0 saturated heterocycles. The molecular formula is C46H34N2O6. The highest BCUT2D eigenvalue weighted by Gasteiger charge is 2.44. The molecular weight excluding hydrogens is 677 g/mol. The Hall–Kier alpha value is -7.00. The molecule has 0 fully saturated rings. The van der Waals surface area contributed by atoms with Gasteiger partial charge in [-0.25, -0.2) is 0 Å². The Morgan fingerprint density at radius 3 is 1.11 bits per heavy atom. The highest BCUT2D eigenvalue weighted by Crippen LogP contribution is 2.40. The average Bonchev–Trinajstić information content (AvgIpc) is 3.23. The van der Waals surface area contributed by atoms with Crippen molar-refractivity contribution in [1.82, 2.24) is 0 Å². The fraction of sp³-hybridized carbons (Fsp3) is 0.0435. The molecule has 4 N–H and O–H groups in total. The predicted octanol–water partition coefficient (Wildman–Crippen LogP) is 7.50. The summed E-state index contributed by atoms with van der Waals surface area (Å²) >= 11 is 0. The van der Waals surface area contributed by atoms with Crippen molar-refractivity contribution in [3.63, 3.8) is 0 Å². The first-order chi connectivity index (χ1) is 26.1. The number of hydrogen-bond acceptors (Lipinski definition) is 6. The number of ketones is 2. The number of carbonyl (C=O) groups is 4. The third-order valence-electron chi connectivity index (χ3n) is 9.74. The number of anilines is 2. The molecule has 264 valence electrons. The third-order valence-corrected chi connectivity index (χ3v) is 9.74. The largest absolute Gasteiger partial charge is 0.372 e. The maximum Gasteiger partial charge on any atom is 0.265 e. The van der Waals surface area contributed by atoms with Crippen LogP contribution in [0.5, 0.6) is 0 Å². The van der Waals surface area contributed by atoms with E-state index in [4.69, 9.17) is 0 Å². The van der Waals surface area contributed by atoms with Gasteiger partial charge < -0.3 is 20.8 Å². The number of rotatable bonds is 10. The third kappa shape index (κ3) is 5.95. The minimum Gasteiger partial charge on any atom is -0.372 e. The first-order valence-corrected chi connectivity index (χ1v) is 17.1. The molecule has 6 aromatic rings. The summed E-state index contributed by atoms with van der Waals surface area (Å²) in [5.74, 6) is -2.94. The van der Waals surface area contributed by atoms with Crippen LogP contribution in [0, 0.1) is 0 Å². The summed E-state index contributed by atoms with van der Waals surface area (Å²) in [6.45, 7) is 7.55. The van der Waals surface area contributed by atoms with Gasteiger partial charge in [-0.1, -0.05) is 159 Å². The van der Waals surface area contributed by atoms with Gasteiger partial charge in [0, 0.05) is 11.1 Å². The van der Waals surface area contributed by atoms with Crippen molar-refractivity contribution in [2.75, 3.05) is 10.6 Å². The van der Waals surface area contributed by atoms with E-state index in [-0.39, 0.29) is 55.9 Å². The van der Waals surface area contributed by atoms with Crippen LogP contribution in [0.1, 0.15) is 65.2 Å². The molecule has 1 aliphatic carbocycles. The van der Waals surface area contributed by atoms with Crippen LogP contribution < -0.4 is 10.6 Å². The van der Waals surface area contributed by atoms with Crippen LogP contribution in [0.3, 0.4) is 0 Å². The summed E-state index contributed by atoms with van der Waals surface area (Å²) in [7, 11) is 0. The first-order valence-electron chi connectivity index (χ1n) is 17.1. The number of nitrogens with one attached hydrogen (secondary N) is 2. The van der Waals surface area contributed by atoms with Crippen LogP contribution in [0.15, 0.2) is 159 Å². The van der Waals surface area contributed by atoms with Crippen molar-refractivity contribution >= 4 is 46.9 Å². The van der Waals surface area contributed by atoms with E-state index in [1.54, 1.807) is 133 Å². The Morgan fingerprint density at radius 2 is 0.778 bits per heavy atom. The van der Waals surface area contributed by atoms with Gasteiger partial charge in [-0.2, -0.15) is 0 Å². The molecule has 0 radical (unpaired) electrons. The van der Waals surface area contributed by atoms with Crippen LogP contribution >= 0.6 is 0 Å². The lowest BCUT2D eigenvalue weighted by atomic mass is 9.81. The van der Waals surface area contributed by atoms with Crippen molar-refractivity contribution in [3.05, 3.63) is 214 Å². The van der Waals surface area contributed by atoms with Crippen LogP contribution in [0.2, 0.25) is 0 Å². The smallest absolute Gasteiger partial charge is 0.265 e. The molecule has 2 unspecified atom stereocenters. The zero-order chi connectivity index (χ0) is 38.0. The normalized spacial score (nSPS) is 14.0. The molecule has 54 heavy (non-hydrogen) atoms. The Kier molecular flexibility index (Phi) is 9.31. The molecule has 7 rings (SSSR count). The molecule has 8 heteroatoms. The first kappa shape index (κ1) is 35.4. The van der Waals surface area contributed by atoms with Crippen molar-refractivity contribution < 1.29 is 29.4 Å². The number of benzene rings is 6. The number of fused-ring (bicyclic) bond motifs is 2. The minimum absolute atomic E-state index is 0.0590. The van der Waals surface area contributed by atoms with Crippen molar-refractivity contribution in [2.24, 2.45) is 0 Å². The van der Waals surface area contributed by atoms with Gasteiger partial charge in [0.05, 0.1) is 22.5 Å². The summed E-state index contributed by atoms with van der Waals surface area (Å²) in [6.07, 6.45) is 3.27. The monoisotopic (exact) mass is 710 g/mol. The van der Waals surface area contributed by atoms with Crippen molar-refractivity contribution in [2.45, 2.75) is 11.2 Å². The highest BCUT2D eigenvalue weighted by atomic mass is 16.3. The molecule has 2 atom stereocenters. The predicted molar refractivity (Wildman–Crippen MR) is 209 cm³/mol. The van der Waals surface area contributed by atoms with Crippen LogP contribution in [0.25, 0.3) is 12.2 Å². The zero-order valence-electron chi connectivity index (χ0n) is 29.0. The van der Waals surface area contributed by atoms with E-state index >= 15 is 0 Å². The second-order valence-corrected chi connectivity index (χ2v) is 12.8. The second-order valence-electron chi connectivity index (χ2n) is 12.8. The average molecular weight is 711 g/mol.